The molecule has 1 heterocycles. The van der Waals surface area contributed by atoms with Gasteiger partial charge in [-0.2, -0.15) is 9.40 Å². The highest BCUT2D eigenvalue weighted by molar-refractivity contribution is 7.88. The average Bonchev–Trinajstić information content (AvgIpc) is 2.99. The third-order valence-corrected chi connectivity index (χ3v) is 4.79. The highest BCUT2D eigenvalue weighted by Crippen LogP contribution is 2.13. The summed E-state index contributed by atoms with van der Waals surface area (Å²) in [7, 11) is -0.810. The summed E-state index contributed by atoms with van der Waals surface area (Å²) in [6, 6.07) is 6.34. The molecule has 0 fully saturated rings. The first-order valence-corrected chi connectivity index (χ1v) is 7.99. The average molecular weight is 324 g/mol. The number of carbonyl (C=O) groups is 1. The second kappa shape index (κ2) is 6.67. The number of aromatic nitrogens is 3. The first-order chi connectivity index (χ1) is 10.4. The fourth-order valence-corrected chi connectivity index (χ4v) is 2.98. The Bertz CT molecular complexity index is 743. The van der Waals surface area contributed by atoms with Gasteiger partial charge < -0.3 is 4.74 Å². The summed E-state index contributed by atoms with van der Waals surface area (Å²) in [6.07, 6.45) is 1.32. The molecule has 8 nitrogen and oxygen atoms in total. The van der Waals surface area contributed by atoms with Gasteiger partial charge in [0.05, 0.1) is 25.0 Å². The standard InChI is InChI=1S/C13H16N4O4S/c1-17(7-12-14-9-15-16-12)22(19,20)8-10-4-3-5-11(6-10)13(18)21-2/h3-6,9H,7-8H2,1-2H3,(H,14,15,16). The third-order valence-electron chi connectivity index (χ3n) is 3.01. The number of nitrogens with zero attached hydrogens (tertiary/aromatic N) is 3. The van der Waals surface area contributed by atoms with Crippen LogP contribution in [0.2, 0.25) is 0 Å². The van der Waals surface area contributed by atoms with Crippen LogP contribution < -0.4 is 0 Å². The monoisotopic (exact) mass is 324 g/mol. The van der Waals surface area contributed by atoms with Crippen LogP contribution in [0, 0.1) is 0 Å². The molecule has 0 radical (unpaired) electrons. The van der Waals surface area contributed by atoms with Gasteiger partial charge >= 0.3 is 5.97 Å². The van der Waals surface area contributed by atoms with Gasteiger partial charge in [0, 0.05) is 7.05 Å². The van der Waals surface area contributed by atoms with Crippen molar-refractivity contribution >= 4 is 16.0 Å². The van der Waals surface area contributed by atoms with Crippen molar-refractivity contribution in [2.45, 2.75) is 12.3 Å². The van der Waals surface area contributed by atoms with Gasteiger partial charge in [0.1, 0.15) is 12.2 Å². The maximum atomic E-state index is 12.3. The maximum Gasteiger partial charge on any atom is 0.337 e. The minimum atomic E-state index is -3.55. The zero-order valence-electron chi connectivity index (χ0n) is 12.2. The summed E-state index contributed by atoms with van der Waals surface area (Å²) >= 11 is 0. The largest absolute Gasteiger partial charge is 0.465 e. The predicted octanol–water partition coefficient (Wildman–Crippen LogP) is 0.553. The predicted molar refractivity (Wildman–Crippen MR) is 78.3 cm³/mol. The van der Waals surface area contributed by atoms with E-state index in [1.54, 1.807) is 18.2 Å². The number of aromatic amines is 1. The summed E-state index contributed by atoms with van der Waals surface area (Å²) in [6.45, 7) is 0.0963. The lowest BCUT2D eigenvalue weighted by atomic mass is 10.1. The van der Waals surface area contributed by atoms with Crippen molar-refractivity contribution in [3.05, 3.63) is 47.5 Å². The van der Waals surface area contributed by atoms with Crippen LogP contribution >= 0.6 is 0 Å². The lowest BCUT2D eigenvalue weighted by Crippen LogP contribution is -2.28. The molecule has 2 aromatic rings. The number of sulfonamides is 1. The zero-order valence-corrected chi connectivity index (χ0v) is 13.0. The van der Waals surface area contributed by atoms with E-state index in [1.165, 1.54) is 30.9 Å². The van der Waals surface area contributed by atoms with Crippen molar-refractivity contribution in [2.75, 3.05) is 14.2 Å². The van der Waals surface area contributed by atoms with E-state index in [0.717, 1.165) is 0 Å². The quantitative estimate of drug-likeness (QED) is 0.778. The van der Waals surface area contributed by atoms with Gasteiger partial charge in [-0.3, -0.25) is 5.10 Å². The van der Waals surface area contributed by atoms with E-state index in [1.807, 2.05) is 0 Å². The second-order valence-electron chi connectivity index (χ2n) is 4.64. The summed E-state index contributed by atoms with van der Waals surface area (Å²) in [5.41, 5.74) is 0.820. The van der Waals surface area contributed by atoms with Crippen LogP contribution in [0.5, 0.6) is 0 Å². The number of H-pyrrole nitrogens is 1. The lowest BCUT2D eigenvalue weighted by molar-refractivity contribution is 0.0600. The SMILES string of the molecule is COC(=O)c1cccc(CS(=O)(=O)N(C)Cc2ncn[nH]2)c1. The Morgan fingerprint density at radius 2 is 2.18 bits per heavy atom. The van der Waals surface area contributed by atoms with Crippen LogP contribution in [0.1, 0.15) is 21.7 Å². The van der Waals surface area contributed by atoms with Gasteiger partial charge in [0.2, 0.25) is 10.0 Å². The van der Waals surface area contributed by atoms with E-state index < -0.39 is 16.0 Å². The number of benzene rings is 1. The van der Waals surface area contributed by atoms with Crippen molar-refractivity contribution in [1.82, 2.24) is 19.5 Å². The van der Waals surface area contributed by atoms with Gasteiger partial charge in [0.15, 0.2) is 0 Å². The van der Waals surface area contributed by atoms with Gasteiger partial charge in [-0.1, -0.05) is 12.1 Å². The van der Waals surface area contributed by atoms with E-state index >= 15 is 0 Å². The Hall–Kier alpha value is -2.26. The molecule has 0 saturated heterocycles. The molecule has 2 rings (SSSR count). The summed E-state index contributed by atoms with van der Waals surface area (Å²) < 4.78 is 30.4. The number of ether oxygens (including phenoxy) is 1. The number of nitrogens with one attached hydrogen (secondary N) is 1. The van der Waals surface area contributed by atoms with E-state index in [9.17, 15) is 13.2 Å². The van der Waals surface area contributed by atoms with Gasteiger partial charge in [-0.05, 0) is 17.7 Å². The number of esters is 1. The van der Waals surface area contributed by atoms with Crippen molar-refractivity contribution in [3.8, 4) is 0 Å². The molecule has 0 aliphatic rings. The number of carbonyl (C=O) groups excluding carboxylic acids is 1. The second-order valence-corrected chi connectivity index (χ2v) is 6.71. The first-order valence-electron chi connectivity index (χ1n) is 6.38. The number of methoxy groups -OCH3 is 1. The van der Waals surface area contributed by atoms with Crippen LogP contribution in [0.15, 0.2) is 30.6 Å². The lowest BCUT2D eigenvalue weighted by Gasteiger charge is -2.16. The Morgan fingerprint density at radius 1 is 1.41 bits per heavy atom. The molecule has 0 spiro atoms. The van der Waals surface area contributed by atoms with Crippen molar-refractivity contribution in [2.24, 2.45) is 0 Å². The number of rotatable bonds is 6. The molecule has 0 aliphatic heterocycles. The number of hydrogen-bond acceptors (Lipinski definition) is 6. The molecule has 0 amide bonds. The molecule has 0 bridgehead atoms. The molecule has 0 saturated carbocycles. The van der Waals surface area contributed by atoms with Crippen LogP contribution in [0.3, 0.4) is 0 Å². The van der Waals surface area contributed by atoms with Crippen LogP contribution in [-0.2, 0) is 27.1 Å². The van der Waals surface area contributed by atoms with Crippen LogP contribution in [0.25, 0.3) is 0 Å². The van der Waals surface area contributed by atoms with Gasteiger partial charge in [0.25, 0.3) is 0 Å². The van der Waals surface area contributed by atoms with Gasteiger partial charge in [-0.25, -0.2) is 18.2 Å². The highest BCUT2D eigenvalue weighted by Gasteiger charge is 2.20. The van der Waals surface area contributed by atoms with Gasteiger partial charge in [-0.15, -0.1) is 0 Å². The topological polar surface area (TPSA) is 105 Å². The van der Waals surface area contributed by atoms with E-state index in [4.69, 9.17) is 0 Å². The smallest absolute Gasteiger partial charge is 0.337 e. The highest BCUT2D eigenvalue weighted by atomic mass is 32.2. The van der Waals surface area contributed by atoms with Crippen molar-refractivity contribution in [1.29, 1.82) is 0 Å². The Morgan fingerprint density at radius 3 is 2.82 bits per heavy atom. The normalized spacial score (nSPS) is 11.6. The van der Waals surface area contributed by atoms with Crippen LogP contribution in [0.4, 0.5) is 0 Å². The summed E-state index contributed by atoms with van der Waals surface area (Å²) in [5, 5.41) is 6.28. The van der Waals surface area contributed by atoms with E-state index in [0.29, 0.717) is 17.0 Å². The molecule has 118 valence electrons. The molecule has 9 heteroatoms. The molecule has 0 aliphatic carbocycles. The van der Waals surface area contributed by atoms with Crippen molar-refractivity contribution < 1.29 is 17.9 Å². The molecular weight excluding hydrogens is 308 g/mol. The Kier molecular flexibility index (Phi) is 4.88. The summed E-state index contributed by atoms with van der Waals surface area (Å²) in [5.74, 6) is -0.272. The van der Waals surface area contributed by atoms with E-state index in [-0.39, 0.29) is 12.3 Å². The number of hydrogen-bond donors (Lipinski definition) is 1. The molecule has 1 aromatic carbocycles. The fraction of sp³-hybridized carbons (Fsp3) is 0.308. The Labute approximate surface area is 128 Å². The Balaban J connectivity index is 2.12. The minimum Gasteiger partial charge on any atom is -0.465 e. The van der Waals surface area contributed by atoms with E-state index in [2.05, 4.69) is 19.9 Å². The molecular formula is C13H16N4O4S. The summed E-state index contributed by atoms with van der Waals surface area (Å²) in [4.78, 5) is 15.4. The molecule has 1 aromatic heterocycles. The molecule has 0 atom stereocenters. The maximum absolute atomic E-state index is 12.3. The fourth-order valence-electron chi connectivity index (χ4n) is 1.84. The first kappa shape index (κ1) is 16.1. The third kappa shape index (κ3) is 3.89. The molecule has 0 unspecified atom stereocenters. The molecule has 1 N–H and O–H groups in total. The minimum absolute atomic E-state index is 0.0963. The molecule has 22 heavy (non-hydrogen) atoms. The zero-order chi connectivity index (χ0) is 16.2. The van der Waals surface area contributed by atoms with Crippen molar-refractivity contribution in [3.63, 3.8) is 0 Å². The van der Waals surface area contributed by atoms with Crippen LogP contribution in [-0.4, -0.2) is 48.0 Å².